The molecular formula is C25H29FN4O2S. The summed E-state index contributed by atoms with van der Waals surface area (Å²) in [4.78, 5) is 33.4. The van der Waals surface area contributed by atoms with Gasteiger partial charge in [0.05, 0.1) is 21.8 Å². The molecule has 3 aromatic rings. The van der Waals surface area contributed by atoms with Gasteiger partial charge in [-0.2, -0.15) is 0 Å². The fourth-order valence-electron chi connectivity index (χ4n) is 4.13. The number of amides is 1. The molecule has 6 nitrogen and oxygen atoms in total. The Morgan fingerprint density at radius 3 is 2.64 bits per heavy atom. The lowest BCUT2D eigenvalue weighted by Crippen LogP contribution is -2.38. The second-order valence-corrected chi connectivity index (χ2v) is 9.41. The number of hydrogen-bond acceptors (Lipinski definition) is 5. The van der Waals surface area contributed by atoms with Crippen LogP contribution in [0.2, 0.25) is 0 Å². The molecule has 174 valence electrons. The molecular weight excluding hydrogens is 439 g/mol. The smallest absolute Gasteiger partial charge is 0.266 e. The van der Waals surface area contributed by atoms with Gasteiger partial charge >= 0.3 is 0 Å². The van der Waals surface area contributed by atoms with Gasteiger partial charge in [0.15, 0.2) is 5.16 Å². The molecule has 2 heterocycles. The second kappa shape index (κ2) is 10.9. The zero-order valence-corrected chi connectivity index (χ0v) is 19.6. The predicted molar refractivity (Wildman–Crippen MR) is 131 cm³/mol. The number of carbonyl (C=O) groups excluding carboxylic acids is 1. The van der Waals surface area contributed by atoms with Crippen molar-refractivity contribution in [3.63, 3.8) is 0 Å². The van der Waals surface area contributed by atoms with Gasteiger partial charge < -0.3 is 10.2 Å². The van der Waals surface area contributed by atoms with E-state index in [-0.39, 0.29) is 17.2 Å². The number of rotatable bonds is 9. The summed E-state index contributed by atoms with van der Waals surface area (Å²) >= 11 is 1.22. The first-order valence-electron chi connectivity index (χ1n) is 11.5. The molecule has 0 radical (unpaired) electrons. The van der Waals surface area contributed by atoms with Gasteiger partial charge in [0.1, 0.15) is 5.82 Å². The number of halogens is 1. The average molecular weight is 469 g/mol. The Kier molecular flexibility index (Phi) is 7.77. The molecule has 4 rings (SSSR count). The molecule has 0 bridgehead atoms. The zero-order valence-electron chi connectivity index (χ0n) is 18.8. The first kappa shape index (κ1) is 23.4. The molecule has 0 saturated carbocycles. The van der Waals surface area contributed by atoms with Crippen molar-refractivity contribution in [1.82, 2.24) is 19.8 Å². The van der Waals surface area contributed by atoms with Crippen molar-refractivity contribution in [2.45, 2.75) is 43.0 Å². The van der Waals surface area contributed by atoms with E-state index >= 15 is 0 Å². The van der Waals surface area contributed by atoms with Crippen LogP contribution in [0.3, 0.4) is 0 Å². The first-order chi connectivity index (χ1) is 16.1. The highest BCUT2D eigenvalue weighted by atomic mass is 32.2. The molecule has 1 atom stereocenters. The number of hydrogen-bond donors (Lipinski definition) is 1. The maximum absolute atomic E-state index is 14.7. The SMILES string of the molecule is CCCC(Sc1nc2ccccc2c(=O)n1-c1ccccc1F)C(=O)NCCN1CCCC1. The van der Waals surface area contributed by atoms with E-state index in [1.54, 1.807) is 36.4 Å². The molecule has 0 aliphatic carbocycles. The molecule has 1 N–H and O–H groups in total. The van der Waals surface area contributed by atoms with Gasteiger partial charge in [0.25, 0.3) is 5.56 Å². The van der Waals surface area contributed by atoms with Gasteiger partial charge in [-0.25, -0.2) is 9.37 Å². The summed E-state index contributed by atoms with van der Waals surface area (Å²) in [6.45, 7) is 5.61. The summed E-state index contributed by atoms with van der Waals surface area (Å²) in [6, 6.07) is 13.2. The number of carbonyl (C=O) groups is 1. The highest BCUT2D eigenvalue weighted by molar-refractivity contribution is 8.00. The largest absolute Gasteiger partial charge is 0.354 e. The Bertz CT molecular complexity index is 1180. The van der Waals surface area contributed by atoms with Crippen LogP contribution in [-0.4, -0.2) is 51.8 Å². The average Bonchev–Trinajstić information content (AvgIpc) is 3.33. The Hall–Kier alpha value is -2.71. The molecule has 2 aromatic carbocycles. The lowest BCUT2D eigenvalue weighted by molar-refractivity contribution is -0.120. The van der Waals surface area contributed by atoms with E-state index in [0.29, 0.717) is 29.0 Å². The van der Waals surface area contributed by atoms with E-state index < -0.39 is 11.1 Å². The van der Waals surface area contributed by atoms with Crippen molar-refractivity contribution in [1.29, 1.82) is 0 Å². The second-order valence-electron chi connectivity index (χ2n) is 8.24. The van der Waals surface area contributed by atoms with Gasteiger partial charge in [-0.1, -0.05) is 49.4 Å². The third kappa shape index (κ3) is 5.45. The molecule has 1 saturated heterocycles. The van der Waals surface area contributed by atoms with E-state index in [1.165, 1.54) is 35.2 Å². The minimum absolute atomic E-state index is 0.0801. The van der Waals surface area contributed by atoms with E-state index in [1.807, 2.05) is 13.0 Å². The maximum atomic E-state index is 14.7. The van der Waals surface area contributed by atoms with Crippen LogP contribution < -0.4 is 10.9 Å². The van der Waals surface area contributed by atoms with Crippen LogP contribution in [0.1, 0.15) is 32.6 Å². The fourth-order valence-corrected chi connectivity index (χ4v) is 5.36. The van der Waals surface area contributed by atoms with E-state index in [4.69, 9.17) is 0 Å². The molecule has 1 unspecified atom stereocenters. The van der Waals surface area contributed by atoms with Crippen LogP contribution in [-0.2, 0) is 4.79 Å². The molecule has 8 heteroatoms. The number of fused-ring (bicyclic) bond motifs is 1. The van der Waals surface area contributed by atoms with Gasteiger partial charge in [-0.15, -0.1) is 0 Å². The van der Waals surface area contributed by atoms with E-state index in [0.717, 1.165) is 26.1 Å². The lowest BCUT2D eigenvalue weighted by Gasteiger charge is -2.20. The number of benzene rings is 2. The van der Waals surface area contributed by atoms with Crippen molar-refractivity contribution in [3.8, 4) is 5.69 Å². The standard InChI is InChI=1S/C25H29FN4O2S/c1-2-9-22(23(31)27-14-17-29-15-7-8-16-29)33-25-28-20-12-5-3-10-18(20)24(32)30(25)21-13-6-4-11-19(21)26/h3-6,10-13,22H,2,7-9,14-17H2,1H3,(H,27,31). The Balaban J connectivity index is 1.64. The van der Waals surface area contributed by atoms with Crippen LogP contribution in [0.4, 0.5) is 4.39 Å². The summed E-state index contributed by atoms with van der Waals surface area (Å²) in [5.74, 6) is -0.593. The third-order valence-corrected chi connectivity index (χ3v) is 7.07. The molecule has 1 amide bonds. The number of thioether (sulfide) groups is 1. The summed E-state index contributed by atoms with van der Waals surface area (Å²) in [5, 5.41) is 3.34. The molecule has 1 aliphatic rings. The van der Waals surface area contributed by atoms with Crippen LogP contribution in [0, 0.1) is 5.82 Å². The van der Waals surface area contributed by atoms with Crippen molar-refractivity contribution < 1.29 is 9.18 Å². The molecule has 1 aliphatic heterocycles. The number of nitrogens with one attached hydrogen (secondary N) is 1. The molecule has 0 spiro atoms. The van der Waals surface area contributed by atoms with Crippen molar-refractivity contribution >= 4 is 28.6 Å². The lowest BCUT2D eigenvalue weighted by atomic mass is 10.2. The van der Waals surface area contributed by atoms with E-state index in [2.05, 4.69) is 15.2 Å². The molecule has 1 fully saturated rings. The first-order valence-corrected chi connectivity index (χ1v) is 12.4. The van der Waals surface area contributed by atoms with E-state index in [9.17, 15) is 14.0 Å². The Morgan fingerprint density at radius 1 is 1.15 bits per heavy atom. The minimum Gasteiger partial charge on any atom is -0.354 e. The van der Waals surface area contributed by atoms with Gasteiger partial charge in [0.2, 0.25) is 5.91 Å². The third-order valence-electron chi connectivity index (χ3n) is 5.86. The summed E-state index contributed by atoms with van der Waals surface area (Å²) in [5.41, 5.74) is 0.313. The van der Waals surface area contributed by atoms with Crippen molar-refractivity contribution in [2.75, 3.05) is 26.2 Å². The summed E-state index contributed by atoms with van der Waals surface area (Å²) in [6.07, 6.45) is 3.85. The van der Waals surface area contributed by atoms with Gasteiger partial charge in [-0.3, -0.25) is 14.2 Å². The molecule has 1 aromatic heterocycles. The Labute approximate surface area is 197 Å². The quantitative estimate of drug-likeness (QED) is 0.380. The molecule has 33 heavy (non-hydrogen) atoms. The van der Waals surface area contributed by atoms with Crippen LogP contribution >= 0.6 is 11.8 Å². The normalized spacial score (nSPS) is 15.1. The predicted octanol–water partition coefficient (Wildman–Crippen LogP) is 4.00. The number of aromatic nitrogens is 2. The van der Waals surface area contributed by atoms with Gasteiger partial charge in [0, 0.05) is 13.1 Å². The Morgan fingerprint density at radius 2 is 1.88 bits per heavy atom. The van der Waals surface area contributed by atoms with Gasteiger partial charge in [-0.05, 0) is 56.6 Å². The zero-order chi connectivity index (χ0) is 23.2. The highest BCUT2D eigenvalue weighted by Crippen LogP contribution is 2.28. The minimum atomic E-state index is -0.513. The topological polar surface area (TPSA) is 67.2 Å². The monoisotopic (exact) mass is 468 g/mol. The maximum Gasteiger partial charge on any atom is 0.266 e. The summed E-state index contributed by atoms with van der Waals surface area (Å²) < 4.78 is 16.0. The number of para-hydroxylation sites is 2. The van der Waals surface area contributed by atoms with Crippen molar-refractivity contribution in [2.24, 2.45) is 0 Å². The number of likely N-dealkylation sites (tertiary alicyclic amines) is 1. The number of nitrogens with zero attached hydrogens (tertiary/aromatic N) is 3. The van der Waals surface area contributed by atoms with Crippen LogP contribution in [0.25, 0.3) is 16.6 Å². The van der Waals surface area contributed by atoms with Crippen LogP contribution in [0.5, 0.6) is 0 Å². The summed E-state index contributed by atoms with van der Waals surface area (Å²) in [7, 11) is 0. The highest BCUT2D eigenvalue weighted by Gasteiger charge is 2.24. The fraction of sp³-hybridized carbons (Fsp3) is 0.400. The van der Waals surface area contributed by atoms with Crippen LogP contribution in [0.15, 0.2) is 58.5 Å². The van der Waals surface area contributed by atoms with Crippen molar-refractivity contribution in [3.05, 3.63) is 64.7 Å².